The first-order chi connectivity index (χ1) is 12.9. The van der Waals surface area contributed by atoms with Crippen molar-refractivity contribution in [3.63, 3.8) is 0 Å². The Kier molecular flexibility index (Phi) is 9.77. The standard InChI is InChI=1S/C19H27N5O3.HI/c1-19(2,3)27-18(25)23-15-7-5-14(6-8-15)9-11-21-17(20-4)22-13-16-10-12-26-24-16;/h5-8,10,12H,9,11,13H2,1-4H3,(H,23,25)(H2,20,21,22);1H. The van der Waals surface area contributed by atoms with Crippen LogP contribution < -0.4 is 16.0 Å². The first-order valence-corrected chi connectivity index (χ1v) is 8.78. The Hall–Kier alpha value is -2.30. The molecule has 1 aromatic carbocycles. The maximum absolute atomic E-state index is 11.8. The number of hydrogen-bond donors (Lipinski definition) is 3. The van der Waals surface area contributed by atoms with Crippen LogP contribution in [0.3, 0.4) is 0 Å². The van der Waals surface area contributed by atoms with E-state index in [0.29, 0.717) is 18.2 Å². The lowest BCUT2D eigenvalue weighted by molar-refractivity contribution is 0.0636. The Morgan fingerprint density at radius 3 is 2.46 bits per heavy atom. The third kappa shape index (κ3) is 9.07. The van der Waals surface area contributed by atoms with Gasteiger partial charge in [-0.25, -0.2) is 4.79 Å². The van der Waals surface area contributed by atoms with Gasteiger partial charge in [0.2, 0.25) is 0 Å². The molecular formula is C19H28IN5O3. The Morgan fingerprint density at radius 1 is 1.18 bits per heavy atom. The van der Waals surface area contributed by atoms with Crippen molar-refractivity contribution in [3.8, 4) is 0 Å². The molecule has 0 aliphatic heterocycles. The first-order valence-electron chi connectivity index (χ1n) is 8.78. The molecule has 0 saturated carbocycles. The Bertz CT molecular complexity index is 740. The number of benzene rings is 1. The summed E-state index contributed by atoms with van der Waals surface area (Å²) in [5.41, 5.74) is 2.14. The number of anilines is 1. The molecule has 1 aromatic heterocycles. The van der Waals surface area contributed by atoms with Crippen molar-refractivity contribution in [2.45, 2.75) is 39.3 Å². The summed E-state index contributed by atoms with van der Waals surface area (Å²) in [4.78, 5) is 15.9. The molecule has 2 rings (SSSR count). The zero-order valence-electron chi connectivity index (χ0n) is 16.6. The molecule has 0 aliphatic carbocycles. The molecule has 0 fully saturated rings. The number of guanidine groups is 1. The topological polar surface area (TPSA) is 101 Å². The summed E-state index contributed by atoms with van der Waals surface area (Å²) in [5, 5.41) is 13.0. The van der Waals surface area contributed by atoms with E-state index in [9.17, 15) is 4.79 Å². The number of halogens is 1. The van der Waals surface area contributed by atoms with Gasteiger partial charge in [-0.1, -0.05) is 17.3 Å². The number of amides is 1. The summed E-state index contributed by atoms with van der Waals surface area (Å²) in [5.74, 6) is 0.696. The summed E-state index contributed by atoms with van der Waals surface area (Å²) in [6.07, 6.45) is 1.89. The second kappa shape index (κ2) is 11.5. The maximum atomic E-state index is 11.8. The molecule has 0 aliphatic rings. The SMILES string of the molecule is CN=C(NCCc1ccc(NC(=O)OC(C)(C)C)cc1)NCc1ccon1.I. The highest BCUT2D eigenvalue weighted by Gasteiger charge is 2.16. The molecule has 0 atom stereocenters. The van der Waals surface area contributed by atoms with E-state index < -0.39 is 11.7 Å². The predicted molar refractivity (Wildman–Crippen MR) is 120 cm³/mol. The Morgan fingerprint density at radius 2 is 1.89 bits per heavy atom. The van der Waals surface area contributed by atoms with Gasteiger partial charge in [0.15, 0.2) is 5.96 Å². The van der Waals surface area contributed by atoms with Crippen LogP contribution in [0.5, 0.6) is 0 Å². The lowest BCUT2D eigenvalue weighted by Crippen LogP contribution is -2.37. The second-order valence-corrected chi connectivity index (χ2v) is 6.92. The molecule has 0 unspecified atom stereocenters. The van der Waals surface area contributed by atoms with Gasteiger partial charge < -0.3 is 19.9 Å². The zero-order valence-corrected chi connectivity index (χ0v) is 18.9. The van der Waals surface area contributed by atoms with E-state index in [-0.39, 0.29) is 24.0 Å². The molecule has 3 N–H and O–H groups in total. The maximum Gasteiger partial charge on any atom is 0.412 e. The minimum atomic E-state index is -0.518. The third-order valence-corrected chi connectivity index (χ3v) is 3.46. The van der Waals surface area contributed by atoms with Gasteiger partial charge in [-0.05, 0) is 44.9 Å². The van der Waals surface area contributed by atoms with E-state index in [2.05, 4.69) is 26.1 Å². The van der Waals surface area contributed by atoms with Gasteiger partial charge in [0.05, 0.1) is 6.54 Å². The van der Waals surface area contributed by atoms with E-state index in [0.717, 1.165) is 24.2 Å². The van der Waals surface area contributed by atoms with Crippen LogP contribution in [0, 0.1) is 0 Å². The molecule has 0 saturated heterocycles. The molecule has 0 radical (unpaired) electrons. The van der Waals surface area contributed by atoms with Gasteiger partial charge in [-0.2, -0.15) is 0 Å². The molecule has 8 nitrogen and oxygen atoms in total. The smallest absolute Gasteiger partial charge is 0.412 e. The lowest BCUT2D eigenvalue weighted by atomic mass is 10.1. The van der Waals surface area contributed by atoms with Gasteiger partial charge in [-0.15, -0.1) is 24.0 Å². The number of ether oxygens (including phenoxy) is 1. The van der Waals surface area contributed by atoms with Crippen molar-refractivity contribution in [1.82, 2.24) is 15.8 Å². The average molecular weight is 501 g/mol. The number of hydrogen-bond acceptors (Lipinski definition) is 5. The fraction of sp³-hybridized carbons (Fsp3) is 0.421. The molecule has 154 valence electrons. The molecule has 9 heteroatoms. The van der Waals surface area contributed by atoms with E-state index in [1.165, 1.54) is 6.26 Å². The molecule has 1 amide bonds. The fourth-order valence-electron chi connectivity index (χ4n) is 2.23. The van der Waals surface area contributed by atoms with E-state index in [1.54, 1.807) is 13.1 Å². The van der Waals surface area contributed by atoms with Crippen molar-refractivity contribution < 1.29 is 14.1 Å². The monoisotopic (exact) mass is 501 g/mol. The van der Waals surface area contributed by atoms with Crippen LogP contribution in [0.15, 0.2) is 46.1 Å². The van der Waals surface area contributed by atoms with E-state index >= 15 is 0 Å². The number of nitrogens with one attached hydrogen (secondary N) is 3. The van der Waals surface area contributed by atoms with Crippen LogP contribution in [0.4, 0.5) is 10.5 Å². The number of rotatable bonds is 6. The van der Waals surface area contributed by atoms with Crippen molar-refractivity contribution in [2.24, 2.45) is 4.99 Å². The van der Waals surface area contributed by atoms with Gasteiger partial charge in [0.25, 0.3) is 0 Å². The summed E-state index contributed by atoms with van der Waals surface area (Å²) in [6, 6.07) is 9.46. The fourth-order valence-corrected chi connectivity index (χ4v) is 2.23. The van der Waals surface area contributed by atoms with Gasteiger partial charge in [-0.3, -0.25) is 10.3 Å². The Labute approximate surface area is 182 Å². The highest BCUT2D eigenvalue weighted by molar-refractivity contribution is 14.0. The zero-order chi connectivity index (χ0) is 19.7. The van der Waals surface area contributed by atoms with Crippen molar-refractivity contribution in [3.05, 3.63) is 47.9 Å². The molecule has 28 heavy (non-hydrogen) atoms. The van der Waals surface area contributed by atoms with Gasteiger partial charge >= 0.3 is 6.09 Å². The third-order valence-electron chi connectivity index (χ3n) is 3.46. The largest absolute Gasteiger partial charge is 0.444 e. The predicted octanol–water partition coefficient (Wildman–Crippen LogP) is 3.55. The second-order valence-electron chi connectivity index (χ2n) is 6.92. The summed E-state index contributed by atoms with van der Waals surface area (Å²) >= 11 is 0. The van der Waals surface area contributed by atoms with E-state index in [4.69, 9.17) is 9.26 Å². The summed E-state index contributed by atoms with van der Waals surface area (Å²) < 4.78 is 10.0. The Balaban J connectivity index is 0.00000392. The van der Waals surface area contributed by atoms with Crippen molar-refractivity contribution in [2.75, 3.05) is 18.9 Å². The van der Waals surface area contributed by atoms with Crippen molar-refractivity contribution >= 4 is 41.7 Å². The number of nitrogens with zero attached hydrogens (tertiary/aromatic N) is 2. The van der Waals surface area contributed by atoms with Crippen LogP contribution in [-0.4, -0.2) is 36.4 Å². The average Bonchev–Trinajstić information content (AvgIpc) is 3.11. The minimum absolute atomic E-state index is 0. The van der Waals surface area contributed by atoms with E-state index in [1.807, 2.05) is 45.0 Å². The number of aliphatic imine (C=N–C) groups is 1. The molecule has 0 bridgehead atoms. The van der Waals surface area contributed by atoms with Crippen LogP contribution >= 0.6 is 24.0 Å². The normalized spacial score (nSPS) is 11.4. The summed E-state index contributed by atoms with van der Waals surface area (Å²) in [6.45, 7) is 6.75. The van der Waals surface area contributed by atoms with Crippen LogP contribution in [-0.2, 0) is 17.7 Å². The van der Waals surface area contributed by atoms with Gasteiger partial charge in [0, 0.05) is 25.3 Å². The van der Waals surface area contributed by atoms with Crippen LogP contribution in [0.1, 0.15) is 32.0 Å². The number of aromatic nitrogens is 1. The molecule has 1 heterocycles. The molecule has 0 spiro atoms. The van der Waals surface area contributed by atoms with Crippen LogP contribution in [0.25, 0.3) is 0 Å². The molecular weight excluding hydrogens is 473 g/mol. The van der Waals surface area contributed by atoms with Gasteiger partial charge in [0.1, 0.15) is 17.6 Å². The highest BCUT2D eigenvalue weighted by atomic mass is 127. The minimum Gasteiger partial charge on any atom is -0.444 e. The van der Waals surface area contributed by atoms with Crippen LogP contribution in [0.2, 0.25) is 0 Å². The molecule has 2 aromatic rings. The summed E-state index contributed by atoms with van der Waals surface area (Å²) in [7, 11) is 1.72. The lowest BCUT2D eigenvalue weighted by Gasteiger charge is -2.19. The quantitative estimate of drug-likeness (QED) is 0.318. The number of carbonyl (C=O) groups excluding carboxylic acids is 1. The highest BCUT2D eigenvalue weighted by Crippen LogP contribution is 2.13. The number of carbonyl (C=O) groups is 1. The first kappa shape index (κ1) is 23.7. The van der Waals surface area contributed by atoms with Crippen molar-refractivity contribution in [1.29, 1.82) is 0 Å².